The maximum absolute atomic E-state index is 5.90. The van der Waals surface area contributed by atoms with Crippen LogP contribution in [0.2, 0.25) is 0 Å². The highest BCUT2D eigenvalue weighted by Gasteiger charge is 2.19. The van der Waals surface area contributed by atoms with E-state index >= 15 is 0 Å². The molecule has 0 unspecified atom stereocenters. The zero-order valence-electron chi connectivity index (χ0n) is 12.7. The van der Waals surface area contributed by atoms with Crippen LogP contribution in [-0.2, 0) is 22.7 Å². The van der Waals surface area contributed by atoms with E-state index in [1.165, 1.54) is 0 Å². The maximum atomic E-state index is 5.90. The van der Waals surface area contributed by atoms with Crippen LogP contribution >= 0.6 is 0 Å². The van der Waals surface area contributed by atoms with Crippen molar-refractivity contribution in [2.45, 2.75) is 25.4 Å². The number of benzene rings is 2. The highest BCUT2D eigenvalue weighted by molar-refractivity contribution is 5.14. The van der Waals surface area contributed by atoms with Gasteiger partial charge in [0.25, 0.3) is 0 Å². The molecule has 0 aromatic heterocycles. The number of hydrogen-bond donors (Lipinski definition) is 1. The summed E-state index contributed by atoms with van der Waals surface area (Å²) in [6.45, 7) is 5.26. The molecular weight excluding hydrogens is 274 g/mol. The summed E-state index contributed by atoms with van der Waals surface area (Å²) in [4.78, 5) is 0. The summed E-state index contributed by atoms with van der Waals surface area (Å²) in [6, 6.07) is 20.1. The van der Waals surface area contributed by atoms with Gasteiger partial charge in [0.2, 0.25) is 0 Å². The minimum Gasteiger partial charge on any atom is -0.369 e. The molecule has 2 aromatic rings. The third kappa shape index (κ3) is 5.11. The molecule has 0 fully saturated rings. The summed E-state index contributed by atoms with van der Waals surface area (Å²) in [7, 11) is 0. The van der Waals surface area contributed by atoms with E-state index in [2.05, 4.69) is 6.58 Å². The lowest BCUT2D eigenvalue weighted by molar-refractivity contribution is -0.0597. The molecule has 2 rings (SSSR count). The molecule has 2 N–H and O–H groups in total. The quantitative estimate of drug-likeness (QED) is 0.722. The molecule has 0 radical (unpaired) electrons. The third-order valence-electron chi connectivity index (χ3n) is 3.42. The van der Waals surface area contributed by atoms with Crippen molar-refractivity contribution in [2.75, 3.05) is 6.54 Å². The standard InChI is InChI=1S/C19H23NO2/c1-2-18(21-14-16-9-5-3-6-10-16)19(13-20)22-15-17-11-7-4-8-12-17/h2-12,18-19H,1,13-15,20H2/t18-,19+/m1/s1. The summed E-state index contributed by atoms with van der Waals surface area (Å²) < 4.78 is 11.8. The average Bonchev–Trinajstić information content (AvgIpc) is 2.59. The Labute approximate surface area is 132 Å². The summed E-state index contributed by atoms with van der Waals surface area (Å²) in [5, 5.41) is 0. The summed E-state index contributed by atoms with van der Waals surface area (Å²) in [5.74, 6) is 0. The first-order valence-electron chi connectivity index (χ1n) is 7.47. The van der Waals surface area contributed by atoms with Crippen LogP contribution in [0.1, 0.15) is 11.1 Å². The topological polar surface area (TPSA) is 44.5 Å². The van der Waals surface area contributed by atoms with Gasteiger partial charge in [0.1, 0.15) is 6.10 Å². The molecule has 2 aromatic carbocycles. The molecule has 22 heavy (non-hydrogen) atoms. The number of nitrogens with two attached hydrogens (primary N) is 1. The Morgan fingerprint density at radius 1 is 0.864 bits per heavy atom. The molecule has 0 amide bonds. The first-order chi connectivity index (χ1) is 10.8. The van der Waals surface area contributed by atoms with Gasteiger partial charge >= 0.3 is 0 Å². The van der Waals surface area contributed by atoms with E-state index in [4.69, 9.17) is 15.2 Å². The molecule has 0 spiro atoms. The van der Waals surface area contributed by atoms with E-state index in [-0.39, 0.29) is 12.2 Å². The first-order valence-corrected chi connectivity index (χ1v) is 7.47. The number of rotatable bonds is 9. The van der Waals surface area contributed by atoms with Gasteiger partial charge in [-0.05, 0) is 11.1 Å². The lowest BCUT2D eigenvalue weighted by Gasteiger charge is -2.24. The van der Waals surface area contributed by atoms with Crippen molar-refractivity contribution in [3.05, 3.63) is 84.4 Å². The number of ether oxygens (including phenoxy) is 2. The van der Waals surface area contributed by atoms with Gasteiger partial charge in [0.05, 0.1) is 19.3 Å². The summed E-state index contributed by atoms with van der Waals surface area (Å²) in [5.41, 5.74) is 8.07. The van der Waals surface area contributed by atoms with Crippen LogP contribution in [0.25, 0.3) is 0 Å². The van der Waals surface area contributed by atoms with E-state index in [9.17, 15) is 0 Å². The van der Waals surface area contributed by atoms with Gasteiger partial charge in [-0.2, -0.15) is 0 Å². The molecule has 2 atom stereocenters. The predicted octanol–water partition coefficient (Wildman–Crippen LogP) is 3.30. The van der Waals surface area contributed by atoms with Crippen molar-refractivity contribution in [3.63, 3.8) is 0 Å². The van der Waals surface area contributed by atoms with Gasteiger partial charge in [0, 0.05) is 6.54 Å². The molecule has 3 heteroatoms. The number of hydrogen-bond acceptors (Lipinski definition) is 3. The monoisotopic (exact) mass is 297 g/mol. The van der Waals surface area contributed by atoms with Gasteiger partial charge in [-0.15, -0.1) is 6.58 Å². The Morgan fingerprint density at radius 2 is 1.36 bits per heavy atom. The van der Waals surface area contributed by atoms with Gasteiger partial charge in [-0.3, -0.25) is 0 Å². The molecule has 0 aliphatic heterocycles. The molecule has 0 heterocycles. The summed E-state index contributed by atoms with van der Waals surface area (Å²) in [6.07, 6.45) is 1.32. The van der Waals surface area contributed by atoms with Crippen molar-refractivity contribution in [3.8, 4) is 0 Å². The second-order valence-corrected chi connectivity index (χ2v) is 5.07. The van der Waals surface area contributed by atoms with Crippen molar-refractivity contribution >= 4 is 0 Å². The van der Waals surface area contributed by atoms with Crippen molar-refractivity contribution in [2.24, 2.45) is 5.73 Å². The molecule has 116 valence electrons. The highest BCUT2D eigenvalue weighted by atomic mass is 16.5. The van der Waals surface area contributed by atoms with E-state index in [0.717, 1.165) is 11.1 Å². The fourth-order valence-electron chi connectivity index (χ4n) is 2.17. The Balaban J connectivity index is 1.87. The van der Waals surface area contributed by atoms with Crippen molar-refractivity contribution in [1.82, 2.24) is 0 Å². The Hall–Kier alpha value is -1.94. The fraction of sp³-hybridized carbons (Fsp3) is 0.263. The van der Waals surface area contributed by atoms with Crippen LogP contribution in [0.5, 0.6) is 0 Å². The van der Waals surface area contributed by atoms with Crippen LogP contribution in [0.3, 0.4) is 0 Å². The maximum Gasteiger partial charge on any atom is 0.103 e. The molecule has 0 aliphatic carbocycles. The molecule has 0 bridgehead atoms. The van der Waals surface area contributed by atoms with Crippen LogP contribution in [0, 0.1) is 0 Å². The minimum atomic E-state index is -0.228. The highest BCUT2D eigenvalue weighted by Crippen LogP contribution is 2.12. The third-order valence-corrected chi connectivity index (χ3v) is 3.42. The smallest absolute Gasteiger partial charge is 0.103 e. The first kappa shape index (κ1) is 16.4. The Morgan fingerprint density at radius 3 is 1.82 bits per heavy atom. The van der Waals surface area contributed by atoms with Gasteiger partial charge in [0.15, 0.2) is 0 Å². The minimum absolute atomic E-state index is 0.207. The Bertz CT molecular complexity index is 542. The fourth-order valence-corrected chi connectivity index (χ4v) is 2.17. The van der Waals surface area contributed by atoms with E-state index in [0.29, 0.717) is 19.8 Å². The van der Waals surface area contributed by atoms with E-state index in [1.807, 2.05) is 60.7 Å². The van der Waals surface area contributed by atoms with Crippen LogP contribution in [0.15, 0.2) is 73.3 Å². The van der Waals surface area contributed by atoms with Crippen molar-refractivity contribution in [1.29, 1.82) is 0 Å². The second-order valence-electron chi connectivity index (χ2n) is 5.07. The zero-order chi connectivity index (χ0) is 15.6. The molecule has 0 saturated carbocycles. The molecular formula is C19H23NO2. The largest absolute Gasteiger partial charge is 0.369 e. The zero-order valence-corrected chi connectivity index (χ0v) is 12.7. The predicted molar refractivity (Wildman–Crippen MR) is 89.3 cm³/mol. The lowest BCUT2D eigenvalue weighted by Crippen LogP contribution is -2.36. The summed E-state index contributed by atoms with van der Waals surface area (Å²) >= 11 is 0. The van der Waals surface area contributed by atoms with Gasteiger partial charge < -0.3 is 15.2 Å². The molecule has 0 aliphatic rings. The average molecular weight is 297 g/mol. The molecule has 0 saturated heterocycles. The van der Waals surface area contributed by atoms with E-state index in [1.54, 1.807) is 6.08 Å². The second kappa shape index (κ2) is 9.15. The van der Waals surface area contributed by atoms with E-state index < -0.39 is 0 Å². The SMILES string of the molecule is C=C[C@@H](OCc1ccccc1)[C@H](CN)OCc1ccccc1. The van der Waals surface area contributed by atoms with Crippen LogP contribution in [0.4, 0.5) is 0 Å². The lowest BCUT2D eigenvalue weighted by atomic mass is 10.2. The Kier molecular flexibility index (Phi) is 6.84. The molecule has 3 nitrogen and oxygen atoms in total. The van der Waals surface area contributed by atoms with Crippen LogP contribution in [-0.4, -0.2) is 18.8 Å². The van der Waals surface area contributed by atoms with Gasteiger partial charge in [-0.1, -0.05) is 66.7 Å². The van der Waals surface area contributed by atoms with Crippen LogP contribution < -0.4 is 5.73 Å². The van der Waals surface area contributed by atoms with Gasteiger partial charge in [-0.25, -0.2) is 0 Å². The normalized spacial score (nSPS) is 13.5. The van der Waals surface area contributed by atoms with Crippen molar-refractivity contribution < 1.29 is 9.47 Å².